The zero-order valence-electron chi connectivity index (χ0n) is 19.8. The normalized spacial score (nSPS) is 12.8. The molecule has 4 aromatic rings. The van der Waals surface area contributed by atoms with E-state index in [1.54, 1.807) is 11.3 Å². The number of aryl methyl sites for hydroxylation is 1. The Hall–Kier alpha value is -3.64. The first-order chi connectivity index (χ1) is 17.2. The fraction of sp³-hybridized carbons (Fsp3) is 0.241. The van der Waals surface area contributed by atoms with E-state index >= 15 is 0 Å². The molecule has 0 atom stereocenters. The van der Waals surface area contributed by atoms with E-state index in [0.717, 1.165) is 52.7 Å². The molecule has 35 heavy (non-hydrogen) atoms. The van der Waals surface area contributed by atoms with E-state index in [2.05, 4.69) is 24.4 Å². The van der Waals surface area contributed by atoms with E-state index in [9.17, 15) is 4.79 Å². The maximum absolute atomic E-state index is 12.7. The van der Waals surface area contributed by atoms with E-state index in [4.69, 9.17) is 14.5 Å². The highest BCUT2D eigenvalue weighted by Crippen LogP contribution is 2.36. The van der Waals surface area contributed by atoms with E-state index < -0.39 is 0 Å². The molecule has 1 aliphatic heterocycles. The van der Waals surface area contributed by atoms with Gasteiger partial charge in [0, 0.05) is 23.9 Å². The molecule has 0 radical (unpaired) electrons. The summed E-state index contributed by atoms with van der Waals surface area (Å²) in [5.41, 5.74) is 5.19. The van der Waals surface area contributed by atoms with Crippen molar-refractivity contribution in [1.82, 2.24) is 4.98 Å². The molecule has 3 aromatic carbocycles. The number of carbonyl (C=O) groups is 1. The molecule has 5 nitrogen and oxygen atoms in total. The number of rotatable bonds is 9. The lowest BCUT2D eigenvalue weighted by molar-refractivity contribution is -0.121. The first-order valence-electron chi connectivity index (χ1n) is 11.9. The van der Waals surface area contributed by atoms with Crippen LogP contribution in [0.3, 0.4) is 0 Å². The quantitative estimate of drug-likeness (QED) is 0.262. The summed E-state index contributed by atoms with van der Waals surface area (Å²) in [5.74, 6) is 1.60. The molecule has 0 N–H and O–H groups in total. The van der Waals surface area contributed by atoms with Crippen molar-refractivity contribution in [1.29, 1.82) is 0 Å². The highest BCUT2D eigenvalue weighted by Gasteiger charge is 2.25. The number of amides is 1. The van der Waals surface area contributed by atoms with Crippen LogP contribution in [0.1, 0.15) is 29.0 Å². The van der Waals surface area contributed by atoms with Crippen molar-refractivity contribution in [2.24, 2.45) is 0 Å². The fourth-order valence-electron chi connectivity index (χ4n) is 4.10. The number of thiazole rings is 1. The van der Waals surface area contributed by atoms with Crippen molar-refractivity contribution in [3.8, 4) is 22.8 Å². The number of ether oxygens (including phenoxy) is 2. The van der Waals surface area contributed by atoms with Gasteiger partial charge in [-0.25, -0.2) is 4.98 Å². The molecule has 5 rings (SSSR count). The average Bonchev–Trinajstić information content (AvgIpc) is 3.35. The maximum Gasteiger partial charge on any atom is 0.265 e. The van der Waals surface area contributed by atoms with Gasteiger partial charge >= 0.3 is 0 Å². The second-order valence-electron chi connectivity index (χ2n) is 8.67. The van der Waals surface area contributed by atoms with Gasteiger partial charge in [-0.15, -0.1) is 11.3 Å². The van der Waals surface area contributed by atoms with E-state index in [-0.39, 0.29) is 12.5 Å². The van der Waals surface area contributed by atoms with Crippen molar-refractivity contribution >= 4 is 22.9 Å². The standard InChI is InChI=1S/C29H28N2O3S/c1-21-9-12-24(13-10-21)33-16-6-5-15-31-26-18-23(11-14-27(26)34-19-29(31)32)25-20-35-28(30-25)17-22-7-3-2-4-8-22/h2-4,7-14,18,20H,5-6,15-17,19H2,1H3. The van der Waals surface area contributed by atoms with Gasteiger partial charge in [0.15, 0.2) is 6.61 Å². The molecular weight excluding hydrogens is 456 g/mol. The largest absolute Gasteiger partial charge is 0.494 e. The molecule has 1 amide bonds. The number of hydrogen-bond acceptors (Lipinski definition) is 5. The van der Waals surface area contributed by atoms with E-state index in [0.29, 0.717) is 13.2 Å². The molecule has 0 unspecified atom stereocenters. The van der Waals surface area contributed by atoms with Crippen LogP contribution in [-0.2, 0) is 11.2 Å². The van der Waals surface area contributed by atoms with Crippen molar-refractivity contribution in [3.63, 3.8) is 0 Å². The Kier molecular flexibility index (Phi) is 7.09. The minimum absolute atomic E-state index is 0.0165. The van der Waals surface area contributed by atoms with Crippen LogP contribution < -0.4 is 14.4 Å². The topological polar surface area (TPSA) is 51.7 Å². The number of aromatic nitrogens is 1. The minimum Gasteiger partial charge on any atom is -0.494 e. The zero-order chi connectivity index (χ0) is 24.0. The van der Waals surface area contributed by atoms with Gasteiger partial charge in [0.05, 0.1) is 23.0 Å². The lowest BCUT2D eigenvalue weighted by Crippen LogP contribution is -2.39. The van der Waals surface area contributed by atoms with Gasteiger partial charge in [-0.3, -0.25) is 4.79 Å². The minimum atomic E-state index is -0.0165. The summed E-state index contributed by atoms with van der Waals surface area (Å²) in [5, 5.41) is 3.15. The van der Waals surface area contributed by atoms with Crippen molar-refractivity contribution < 1.29 is 14.3 Å². The summed E-state index contributed by atoms with van der Waals surface area (Å²) >= 11 is 1.66. The van der Waals surface area contributed by atoms with Gasteiger partial charge in [-0.1, -0.05) is 48.0 Å². The number of benzene rings is 3. The second kappa shape index (κ2) is 10.7. The Morgan fingerprint density at radius 3 is 2.69 bits per heavy atom. The third-order valence-corrected chi connectivity index (χ3v) is 6.86. The number of unbranched alkanes of at least 4 members (excludes halogenated alkanes) is 1. The van der Waals surface area contributed by atoms with Gasteiger partial charge in [-0.05, 0) is 55.7 Å². The summed E-state index contributed by atoms with van der Waals surface area (Å²) in [7, 11) is 0. The van der Waals surface area contributed by atoms with Gasteiger partial charge in [-0.2, -0.15) is 0 Å². The Morgan fingerprint density at radius 1 is 1.03 bits per heavy atom. The molecule has 2 heterocycles. The third-order valence-electron chi connectivity index (χ3n) is 6.01. The smallest absolute Gasteiger partial charge is 0.265 e. The van der Waals surface area contributed by atoms with E-state index in [1.807, 2.05) is 65.6 Å². The Balaban J connectivity index is 1.23. The highest BCUT2D eigenvalue weighted by atomic mass is 32.1. The molecule has 1 aliphatic rings. The van der Waals surface area contributed by atoms with Gasteiger partial charge < -0.3 is 14.4 Å². The van der Waals surface area contributed by atoms with Crippen LogP contribution in [0.25, 0.3) is 11.3 Å². The lowest BCUT2D eigenvalue weighted by atomic mass is 10.1. The molecule has 0 saturated heterocycles. The first kappa shape index (κ1) is 23.1. The first-order valence-corrected chi connectivity index (χ1v) is 12.8. The molecule has 0 fully saturated rings. The number of carbonyl (C=O) groups excluding carboxylic acids is 1. The predicted molar refractivity (Wildman–Crippen MR) is 141 cm³/mol. The summed E-state index contributed by atoms with van der Waals surface area (Å²) in [6.07, 6.45) is 2.52. The van der Waals surface area contributed by atoms with Crippen LogP contribution in [0.4, 0.5) is 5.69 Å². The Labute approximate surface area is 210 Å². The molecule has 1 aromatic heterocycles. The summed E-state index contributed by atoms with van der Waals surface area (Å²) in [4.78, 5) is 19.4. The predicted octanol–water partition coefficient (Wildman–Crippen LogP) is 6.29. The second-order valence-corrected chi connectivity index (χ2v) is 9.62. The average molecular weight is 485 g/mol. The molecule has 0 spiro atoms. The van der Waals surface area contributed by atoms with Crippen LogP contribution in [0.2, 0.25) is 0 Å². The van der Waals surface area contributed by atoms with Crippen LogP contribution in [0.5, 0.6) is 11.5 Å². The lowest BCUT2D eigenvalue weighted by Gasteiger charge is -2.29. The SMILES string of the molecule is Cc1ccc(OCCCCN2C(=O)COc3ccc(-c4csc(Cc5ccccc5)n4)cc32)cc1. The van der Waals surface area contributed by atoms with Crippen molar-refractivity contribution in [2.45, 2.75) is 26.2 Å². The Morgan fingerprint density at radius 2 is 1.86 bits per heavy atom. The van der Waals surface area contributed by atoms with Crippen LogP contribution >= 0.6 is 11.3 Å². The van der Waals surface area contributed by atoms with Gasteiger partial charge in [0.25, 0.3) is 5.91 Å². The molecule has 6 heteroatoms. The molecule has 0 bridgehead atoms. The van der Waals surface area contributed by atoms with Crippen molar-refractivity contribution in [3.05, 3.63) is 94.3 Å². The molecular formula is C29H28N2O3S. The maximum atomic E-state index is 12.7. The van der Waals surface area contributed by atoms with Crippen LogP contribution in [0, 0.1) is 6.92 Å². The number of fused-ring (bicyclic) bond motifs is 1. The van der Waals surface area contributed by atoms with E-state index in [1.165, 1.54) is 11.1 Å². The summed E-state index contributed by atoms with van der Waals surface area (Å²) in [6, 6.07) is 24.4. The number of hydrogen-bond donors (Lipinski definition) is 0. The van der Waals surface area contributed by atoms with Crippen molar-refractivity contribution in [2.75, 3.05) is 24.7 Å². The monoisotopic (exact) mass is 484 g/mol. The summed E-state index contributed by atoms with van der Waals surface area (Å²) in [6.45, 7) is 3.39. The van der Waals surface area contributed by atoms with Gasteiger partial charge in [0.2, 0.25) is 0 Å². The highest BCUT2D eigenvalue weighted by molar-refractivity contribution is 7.10. The Bertz CT molecular complexity index is 1290. The van der Waals surface area contributed by atoms with Crippen LogP contribution in [-0.4, -0.2) is 30.6 Å². The zero-order valence-corrected chi connectivity index (χ0v) is 20.6. The van der Waals surface area contributed by atoms with Gasteiger partial charge in [0.1, 0.15) is 11.5 Å². The fourth-order valence-corrected chi connectivity index (χ4v) is 4.94. The number of anilines is 1. The van der Waals surface area contributed by atoms with Crippen LogP contribution in [0.15, 0.2) is 78.2 Å². The summed E-state index contributed by atoms with van der Waals surface area (Å²) < 4.78 is 11.5. The molecule has 0 aliphatic carbocycles. The molecule has 0 saturated carbocycles. The number of nitrogens with zero attached hydrogens (tertiary/aromatic N) is 2. The molecule has 178 valence electrons. The third kappa shape index (κ3) is 5.72.